The summed E-state index contributed by atoms with van der Waals surface area (Å²) in [6, 6.07) is 14.5. The number of ether oxygens (including phenoxy) is 2. The highest BCUT2D eigenvalue weighted by atomic mass is 16.5. The molecule has 3 rings (SSSR count). The minimum absolute atomic E-state index is 0.244. The van der Waals surface area contributed by atoms with E-state index in [2.05, 4.69) is 15.5 Å². The molecular weight excluding hydrogens is 370 g/mol. The second-order valence-corrected chi connectivity index (χ2v) is 6.84. The summed E-state index contributed by atoms with van der Waals surface area (Å²) in [5.41, 5.74) is 2.53. The number of morpholine rings is 1. The van der Waals surface area contributed by atoms with Gasteiger partial charge in [0, 0.05) is 38.9 Å². The van der Waals surface area contributed by atoms with E-state index in [1.54, 1.807) is 37.4 Å². The molecule has 0 aromatic heterocycles. The van der Waals surface area contributed by atoms with Crippen molar-refractivity contribution in [3.05, 3.63) is 65.2 Å². The van der Waals surface area contributed by atoms with Gasteiger partial charge in [-0.3, -0.25) is 14.5 Å². The van der Waals surface area contributed by atoms with Gasteiger partial charge >= 0.3 is 0 Å². The highest BCUT2D eigenvalue weighted by Crippen LogP contribution is 2.17. The van der Waals surface area contributed by atoms with Crippen LogP contribution in [-0.4, -0.2) is 63.3 Å². The fraction of sp³-hybridized carbons (Fsp3) is 0.364. The monoisotopic (exact) mass is 397 g/mol. The van der Waals surface area contributed by atoms with Gasteiger partial charge in [-0.15, -0.1) is 0 Å². The molecule has 0 radical (unpaired) electrons. The number of carbonyl (C=O) groups excluding carboxylic acids is 2. The van der Waals surface area contributed by atoms with E-state index in [0.717, 1.165) is 38.4 Å². The fourth-order valence-corrected chi connectivity index (χ4v) is 3.17. The largest absolute Gasteiger partial charge is 0.383 e. The van der Waals surface area contributed by atoms with E-state index in [1.165, 1.54) is 0 Å². The van der Waals surface area contributed by atoms with Crippen LogP contribution in [-0.2, 0) is 16.0 Å². The van der Waals surface area contributed by atoms with E-state index in [4.69, 9.17) is 9.47 Å². The standard InChI is InChI=1S/C22H27N3O4/c1-28-12-9-23-22(27)19-7-2-3-8-20(19)24-21(26)18-6-4-5-17(15-18)16-25-10-13-29-14-11-25/h2-8,15H,9-14,16H2,1H3,(H,23,27)(H,24,26). The number of nitrogens with one attached hydrogen (secondary N) is 2. The average Bonchev–Trinajstić information content (AvgIpc) is 2.75. The minimum atomic E-state index is -0.251. The zero-order valence-electron chi connectivity index (χ0n) is 16.6. The Morgan fingerprint density at radius 1 is 1.07 bits per heavy atom. The molecule has 29 heavy (non-hydrogen) atoms. The summed E-state index contributed by atoms with van der Waals surface area (Å²) in [5.74, 6) is -0.495. The van der Waals surface area contributed by atoms with Crippen molar-refractivity contribution in [1.82, 2.24) is 10.2 Å². The number of methoxy groups -OCH3 is 1. The molecule has 1 saturated heterocycles. The molecule has 2 amide bonds. The molecule has 1 fully saturated rings. The number of rotatable bonds is 8. The zero-order chi connectivity index (χ0) is 20.5. The number of benzene rings is 2. The summed E-state index contributed by atoms with van der Waals surface area (Å²) in [7, 11) is 1.58. The highest BCUT2D eigenvalue weighted by molar-refractivity contribution is 6.09. The molecule has 7 nitrogen and oxygen atoms in total. The van der Waals surface area contributed by atoms with Crippen LogP contribution in [0.2, 0.25) is 0 Å². The van der Waals surface area contributed by atoms with Gasteiger partial charge in [-0.2, -0.15) is 0 Å². The highest BCUT2D eigenvalue weighted by Gasteiger charge is 2.15. The summed E-state index contributed by atoms with van der Waals surface area (Å²) >= 11 is 0. The third-order valence-corrected chi connectivity index (χ3v) is 4.71. The summed E-state index contributed by atoms with van der Waals surface area (Å²) in [6.45, 7) is 4.87. The molecule has 1 aliphatic heterocycles. The molecule has 1 heterocycles. The Hall–Kier alpha value is -2.74. The van der Waals surface area contributed by atoms with E-state index >= 15 is 0 Å². The lowest BCUT2D eigenvalue weighted by Crippen LogP contribution is -2.35. The van der Waals surface area contributed by atoms with E-state index in [1.807, 2.05) is 18.2 Å². The van der Waals surface area contributed by atoms with Crippen molar-refractivity contribution in [3.8, 4) is 0 Å². The van der Waals surface area contributed by atoms with Gasteiger partial charge in [-0.05, 0) is 29.8 Å². The number of hydrogen-bond acceptors (Lipinski definition) is 5. The predicted molar refractivity (Wildman–Crippen MR) is 111 cm³/mol. The first kappa shape index (κ1) is 21.0. The Bertz CT molecular complexity index is 834. The molecule has 0 unspecified atom stereocenters. The van der Waals surface area contributed by atoms with Gasteiger partial charge in [0.25, 0.3) is 11.8 Å². The molecule has 2 aromatic rings. The second-order valence-electron chi connectivity index (χ2n) is 6.84. The third-order valence-electron chi connectivity index (χ3n) is 4.71. The first-order chi connectivity index (χ1) is 14.2. The topological polar surface area (TPSA) is 79.9 Å². The van der Waals surface area contributed by atoms with Crippen LogP contribution in [0.4, 0.5) is 5.69 Å². The molecule has 0 spiro atoms. The maximum atomic E-state index is 12.8. The number of carbonyl (C=O) groups is 2. The van der Waals surface area contributed by atoms with Crippen LogP contribution in [0, 0.1) is 0 Å². The lowest BCUT2D eigenvalue weighted by molar-refractivity contribution is 0.0342. The molecule has 7 heteroatoms. The minimum Gasteiger partial charge on any atom is -0.383 e. The number of nitrogens with zero attached hydrogens (tertiary/aromatic N) is 1. The molecule has 2 aromatic carbocycles. The van der Waals surface area contributed by atoms with Crippen molar-refractivity contribution in [2.24, 2.45) is 0 Å². The van der Waals surface area contributed by atoms with Crippen molar-refractivity contribution in [3.63, 3.8) is 0 Å². The lowest BCUT2D eigenvalue weighted by Gasteiger charge is -2.26. The van der Waals surface area contributed by atoms with Crippen molar-refractivity contribution in [2.45, 2.75) is 6.54 Å². The first-order valence-electron chi connectivity index (χ1n) is 9.74. The van der Waals surface area contributed by atoms with Crippen molar-refractivity contribution < 1.29 is 19.1 Å². The number of anilines is 1. The molecular formula is C22H27N3O4. The van der Waals surface area contributed by atoms with E-state index < -0.39 is 0 Å². The van der Waals surface area contributed by atoms with Gasteiger partial charge in [0.15, 0.2) is 0 Å². The van der Waals surface area contributed by atoms with Crippen LogP contribution in [0.25, 0.3) is 0 Å². The van der Waals surface area contributed by atoms with Crippen LogP contribution < -0.4 is 10.6 Å². The molecule has 0 aliphatic carbocycles. The Morgan fingerprint density at radius 2 is 1.86 bits per heavy atom. The van der Waals surface area contributed by atoms with Crippen LogP contribution in [0.3, 0.4) is 0 Å². The van der Waals surface area contributed by atoms with Gasteiger partial charge < -0.3 is 20.1 Å². The molecule has 154 valence electrons. The Morgan fingerprint density at radius 3 is 2.66 bits per heavy atom. The van der Waals surface area contributed by atoms with Crippen molar-refractivity contribution >= 4 is 17.5 Å². The van der Waals surface area contributed by atoms with Crippen LogP contribution >= 0.6 is 0 Å². The number of hydrogen-bond donors (Lipinski definition) is 2. The maximum absolute atomic E-state index is 12.8. The summed E-state index contributed by atoms with van der Waals surface area (Å²) in [6.07, 6.45) is 0. The first-order valence-corrected chi connectivity index (χ1v) is 9.74. The number of amides is 2. The fourth-order valence-electron chi connectivity index (χ4n) is 3.17. The van der Waals surface area contributed by atoms with Gasteiger partial charge in [0.05, 0.1) is 31.1 Å². The lowest BCUT2D eigenvalue weighted by atomic mass is 10.1. The van der Waals surface area contributed by atoms with Crippen molar-refractivity contribution in [1.29, 1.82) is 0 Å². The zero-order valence-corrected chi connectivity index (χ0v) is 16.6. The van der Waals surface area contributed by atoms with Gasteiger partial charge in [-0.1, -0.05) is 24.3 Å². The predicted octanol–water partition coefficient (Wildman–Crippen LogP) is 2.15. The van der Waals surface area contributed by atoms with Crippen LogP contribution in [0.1, 0.15) is 26.3 Å². The molecule has 0 atom stereocenters. The average molecular weight is 397 g/mol. The molecule has 2 N–H and O–H groups in total. The Balaban J connectivity index is 1.67. The van der Waals surface area contributed by atoms with E-state index in [0.29, 0.717) is 30.0 Å². The SMILES string of the molecule is COCCNC(=O)c1ccccc1NC(=O)c1cccc(CN2CCOCC2)c1. The van der Waals surface area contributed by atoms with E-state index in [9.17, 15) is 9.59 Å². The molecule has 1 aliphatic rings. The molecule has 0 bridgehead atoms. The summed E-state index contributed by atoms with van der Waals surface area (Å²) in [4.78, 5) is 27.5. The van der Waals surface area contributed by atoms with Crippen LogP contribution in [0.5, 0.6) is 0 Å². The smallest absolute Gasteiger partial charge is 0.255 e. The van der Waals surface area contributed by atoms with E-state index in [-0.39, 0.29) is 11.8 Å². The normalized spacial score (nSPS) is 14.4. The Labute approximate surface area is 171 Å². The quantitative estimate of drug-likeness (QED) is 0.668. The van der Waals surface area contributed by atoms with Crippen LogP contribution in [0.15, 0.2) is 48.5 Å². The maximum Gasteiger partial charge on any atom is 0.255 e. The molecule has 0 saturated carbocycles. The van der Waals surface area contributed by atoms with Gasteiger partial charge in [-0.25, -0.2) is 0 Å². The van der Waals surface area contributed by atoms with Gasteiger partial charge in [0.1, 0.15) is 0 Å². The third kappa shape index (κ3) is 6.12. The number of para-hydroxylation sites is 1. The van der Waals surface area contributed by atoms with Crippen molar-refractivity contribution in [2.75, 3.05) is 51.9 Å². The Kier molecular flexibility index (Phi) is 7.75. The second kappa shape index (κ2) is 10.7. The summed E-state index contributed by atoms with van der Waals surface area (Å²) < 4.78 is 10.3. The van der Waals surface area contributed by atoms with Gasteiger partial charge in [0.2, 0.25) is 0 Å². The summed E-state index contributed by atoms with van der Waals surface area (Å²) in [5, 5.41) is 5.64.